The van der Waals surface area contributed by atoms with Crippen LogP contribution in [0.25, 0.3) is 0 Å². The highest BCUT2D eigenvalue weighted by Crippen LogP contribution is 1.93. The SMILES string of the molecule is C[C@@H](CCCN)NC(=O)O. The zero-order valence-electron chi connectivity index (χ0n) is 6.13. The molecule has 0 saturated heterocycles. The van der Waals surface area contributed by atoms with E-state index in [0.29, 0.717) is 6.54 Å². The van der Waals surface area contributed by atoms with Gasteiger partial charge in [0, 0.05) is 6.04 Å². The Balaban J connectivity index is 3.25. The van der Waals surface area contributed by atoms with Crippen molar-refractivity contribution in [2.24, 2.45) is 5.73 Å². The van der Waals surface area contributed by atoms with Crippen molar-refractivity contribution in [1.82, 2.24) is 5.32 Å². The Morgan fingerprint density at radius 1 is 1.80 bits per heavy atom. The molecule has 0 aliphatic rings. The normalized spacial score (nSPS) is 12.6. The Morgan fingerprint density at radius 2 is 2.40 bits per heavy atom. The minimum absolute atomic E-state index is 0.0149. The van der Waals surface area contributed by atoms with Crippen LogP contribution in [0.4, 0.5) is 4.79 Å². The van der Waals surface area contributed by atoms with E-state index in [1.807, 2.05) is 6.92 Å². The molecule has 0 heterocycles. The summed E-state index contributed by atoms with van der Waals surface area (Å²) in [6.07, 6.45) is 0.703. The van der Waals surface area contributed by atoms with E-state index in [1.165, 1.54) is 0 Å². The molecule has 4 heteroatoms. The minimum atomic E-state index is -0.968. The highest BCUT2D eigenvalue weighted by atomic mass is 16.4. The van der Waals surface area contributed by atoms with E-state index < -0.39 is 6.09 Å². The monoisotopic (exact) mass is 146 g/mol. The molecule has 0 fully saturated rings. The molecule has 4 N–H and O–H groups in total. The quantitative estimate of drug-likeness (QED) is 0.536. The Labute approximate surface area is 60.4 Å². The van der Waals surface area contributed by atoms with Crippen LogP contribution in [-0.2, 0) is 0 Å². The number of nitrogens with one attached hydrogen (secondary N) is 1. The lowest BCUT2D eigenvalue weighted by Gasteiger charge is -2.08. The topological polar surface area (TPSA) is 75.3 Å². The molecule has 60 valence electrons. The van der Waals surface area contributed by atoms with Gasteiger partial charge in [-0.15, -0.1) is 0 Å². The second-order valence-corrected chi connectivity index (χ2v) is 2.28. The van der Waals surface area contributed by atoms with Crippen LogP contribution in [0.1, 0.15) is 19.8 Å². The lowest BCUT2D eigenvalue weighted by atomic mass is 10.2. The largest absolute Gasteiger partial charge is 0.465 e. The third-order valence-electron chi connectivity index (χ3n) is 1.21. The maximum absolute atomic E-state index is 10.0. The summed E-state index contributed by atoms with van der Waals surface area (Å²) in [6, 6.07) is 0.0149. The molecular weight excluding hydrogens is 132 g/mol. The summed E-state index contributed by atoms with van der Waals surface area (Å²) >= 11 is 0. The Morgan fingerprint density at radius 3 is 2.80 bits per heavy atom. The van der Waals surface area contributed by atoms with Gasteiger partial charge in [-0.1, -0.05) is 0 Å². The second-order valence-electron chi connectivity index (χ2n) is 2.28. The smallest absolute Gasteiger partial charge is 0.404 e. The third kappa shape index (κ3) is 5.37. The van der Waals surface area contributed by atoms with E-state index in [2.05, 4.69) is 5.32 Å². The number of carbonyl (C=O) groups is 1. The minimum Gasteiger partial charge on any atom is -0.465 e. The van der Waals surface area contributed by atoms with Gasteiger partial charge in [-0.25, -0.2) is 4.79 Å². The van der Waals surface area contributed by atoms with E-state index in [9.17, 15) is 4.79 Å². The van der Waals surface area contributed by atoms with Crippen molar-refractivity contribution in [3.8, 4) is 0 Å². The number of amides is 1. The zero-order valence-corrected chi connectivity index (χ0v) is 6.13. The molecule has 0 radical (unpaired) electrons. The van der Waals surface area contributed by atoms with E-state index in [1.54, 1.807) is 0 Å². The first-order valence-corrected chi connectivity index (χ1v) is 3.36. The van der Waals surface area contributed by atoms with Gasteiger partial charge in [0.2, 0.25) is 0 Å². The van der Waals surface area contributed by atoms with E-state index in [0.717, 1.165) is 12.8 Å². The molecule has 0 spiro atoms. The van der Waals surface area contributed by atoms with Crippen LogP contribution in [0.15, 0.2) is 0 Å². The third-order valence-corrected chi connectivity index (χ3v) is 1.21. The van der Waals surface area contributed by atoms with Gasteiger partial charge in [0.25, 0.3) is 0 Å². The number of hydrogen-bond acceptors (Lipinski definition) is 2. The standard InChI is InChI=1S/C6H14N2O2/c1-5(3-2-4-7)8-6(9)10/h5,8H,2-4,7H2,1H3,(H,9,10)/t5-/m0/s1. The molecule has 0 unspecified atom stereocenters. The van der Waals surface area contributed by atoms with Gasteiger partial charge in [0.15, 0.2) is 0 Å². The van der Waals surface area contributed by atoms with Gasteiger partial charge >= 0.3 is 6.09 Å². The average molecular weight is 146 g/mol. The lowest BCUT2D eigenvalue weighted by molar-refractivity contribution is 0.190. The Bertz CT molecular complexity index is 106. The summed E-state index contributed by atoms with van der Waals surface area (Å²) in [7, 11) is 0. The van der Waals surface area contributed by atoms with Crippen LogP contribution in [0, 0.1) is 0 Å². The molecule has 1 amide bonds. The average Bonchev–Trinajstić information content (AvgIpc) is 1.82. The summed E-state index contributed by atoms with van der Waals surface area (Å²) in [4.78, 5) is 10.0. The zero-order chi connectivity index (χ0) is 7.98. The summed E-state index contributed by atoms with van der Waals surface area (Å²) in [6.45, 7) is 2.44. The number of carboxylic acid groups (broad SMARTS) is 1. The van der Waals surface area contributed by atoms with Crippen molar-refractivity contribution in [3.05, 3.63) is 0 Å². The van der Waals surface area contributed by atoms with Crippen LogP contribution in [0.5, 0.6) is 0 Å². The van der Waals surface area contributed by atoms with Crippen molar-refractivity contribution >= 4 is 6.09 Å². The van der Waals surface area contributed by atoms with Crippen LogP contribution in [-0.4, -0.2) is 23.8 Å². The fourth-order valence-electron chi connectivity index (χ4n) is 0.707. The van der Waals surface area contributed by atoms with Crippen molar-refractivity contribution in [3.63, 3.8) is 0 Å². The molecule has 0 aliphatic heterocycles. The van der Waals surface area contributed by atoms with Gasteiger partial charge in [-0.2, -0.15) is 0 Å². The van der Waals surface area contributed by atoms with E-state index in [-0.39, 0.29) is 6.04 Å². The van der Waals surface area contributed by atoms with Gasteiger partial charge in [0.05, 0.1) is 0 Å². The molecule has 0 aliphatic carbocycles. The highest BCUT2D eigenvalue weighted by Gasteiger charge is 2.02. The summed E-state index contributed by atoms with van der Waals surface area (Å²) in [5.74, 6) is 0. The fourth-order valence-corrected chi connectivity index (χ4v) is 0.707. The Hall–Kier alpha value is -0.770. The lowest BCUT2D eigenvalue weighted by Crippen LogP contribution is -2.31. The van der Waals surface area contributed by atoms with Crippen molar-refractivity contribution < 1.29 is 9.90 Å². The van der Waals surface area contributed by atoms with Crippen LogP contribution in [0.2, 0.25) is 0 Å². The molecule has 0 saturated carbocycles. The molecule has 0 aromatic heterocycles. The maximum Gasteiger partial charge on any atom is 0.404 e. The number of rotatable bonds is 4. The molecule has 1 atom stereocenters. The van der Waals surface area contributed by atoms with Gasteiger partial charge in [-0.3, -0.25) is 0 Å². The Kier molecular flexibility index (Phi) is 4.66. The molecule has 0 rings (SSSR count). The van der Waals surface area contributed by atoms with Gasteiger partial charge in [-0.05, 0) is 26.3 Å². The summed E-state index contributed by atoms with van der Waals surface area (Å²) < 4.78 is 0. The first-order chi connectivity index (χ1) is 4.66. The summed E-state index contributed by atoms with van der Waals surface area (Å²) in [5, 5.41) is 10.6. The van der Waals surface area contributed by atoms with Crippen LogP contribution in [0.3, 0.4) is 0 Å². The molecule has 4 nitrogen and oxygen atoms in total. The second kappa shape index (κ2) is 5.05. The first-order valence-electron chi connectivity index (χ1n) is 3.36. The van der Waals surface area contributed by atoms with E-state index >= 15 is 0 Å². The predicted molar refractivity (Wildman–Crippen MR) is 38.9 cm³/mol. The molecule has 0 bridgehead atoms. The number of nitrogens with two attached hydrogens (primary N) is 1. The molecule has 0 aromatic carbocycles. The van der Waals surface area contributed by atoms with Crippen molar-refractivity contribution in [1.29, 1.82) is 0 Å². The van der Waals surface area contributed by atoms with Crippen LogP contribution < -0.4 is 11.1 Å². The van der Waals surface area contributed by atoms with Crippen molar-refractivity contribution in [2.75, 3.05) is 6.54 Å². The number of hydrogen-bond donors (Lipinski definition) is 3. The van der Waals surface area contributed by atoms with Crippen LogP contribution >= 0.6 is 0 Å². The molecular formula is C6H14N2O2. The first kappa shape index (κ1) is 9.23. The molecule has 10 heavy (non-hydrogen) atoms. The molecule has 0 aromatic rings. The van der Waals surface area contributed by atoms with Crippen molar-refractivity contribution in [2.45, 2.75) is 25.8 Å². The van der Waals surface area contributed by atoms with E-state index in [4.69, 9.17) is 10.8 Å². The van der Waals surface area contributed by atoms with Gasteiger partial charge in [0.1, 0.15) is 0 Å². The predicted octanol–water partition coefficient (Wildman–Crippen LogP) is 0.381. The maximum atomic E-state index is 10.0. The van der Waals surface area contributed by atoms with Gasteiger partial charge < -0.3 is 16.2 Å². The fraction of sp³-hybridized carbons (Fsp3) is 0.833. The summed E-state index contributed by atoms with van der Waals surface area (Å²) in [5.41, 5.74) is 5.23. The highest BCUT2D eigenvalue weighted by molar-refractivity contribution is 5.64.